The van der Waals surface area contributed by atoms with Gasteiger partial charge in [-0.3, -0.25) is 0 Å². The molecule has 0 bridgehead atoms. The van der Waals surface area contributed by atoms with Gasteiger partial charge in [0.05, 0.1) is 17.0 Å². The van der Waals surface area contributed by atoms with Crippen molar-refractivity contribution in [1.29, 1.82) is 5.26 Å². The van der Waals surface area contributed by atoms with Gasteiger partial charge >= 0.3 is 0 Å². The van der Waals surface area contributed by atoms with E-state index in [9.17, 15) is 8.42 Å². The van der Waals surface area contributed by atoms with Crippen LogP contribution in [0.1, 0.15) is 10.6 Å². The zero-order valence-corrected chi connectivity index (χ0v) is 10.8. The van der Waals surface area contributed by atoms with E-state index in [1.165, 1.54) is 23.5 Å². The average Bonchev–Trinajstić information content (AvgIpc) is 2.89. The zero-order chi connectivity index (χ0) is 13.0. The van der Waals surface area contributed by atoms with Crippen molar-refractivity contribution in [2.75, 3.05) is 0 Å². The summed E-state index contributed by atoms with van der Waals surface area (Å²) in [5.74, 6) is 0. The van der Waals surface area contributed by atoms with E-state index >= 15 is 0 Å². The minimum atomic E-state index is -3.68. The Morgan fingerprint density at radius 3 is 2.83 bits per heavy atom. The molecule has 1 N–H and O–H groups in total. The van der Waals surface area contributed by atoms with Gasteiger partial charge in [-0.15, -0.1) is 11.3 Å². The Bertz CT molecular complexity index is 673. The summed E-state index contributed by atoms with van der Waals surface area (Å²) in [5, 5.41) is 11.3. The molecule has 1 aromatic carbocycles. The maximum Gasteiger partial charge on any atom is 0.242 e. The average molecular weight is 279 g/mol. The van der Waals surface area contributed by atoms with Crippen molar-refractivity contribution in [2.45, 2.75) is 11.4 Å². The summed E-state index contributed by atoms with van der Waals surface area (Å²) in [6.07, 6.45) is 1.61. The van der Waals surface area contributed by atoms with E-state index in [0.29, 0.717) is 5.01 Å². The predicted octanol–water partition coefficient (Wildman–Crippen LogP) is 1.49. The van der Waals surface area contributed by atoms with E-state index in [-0.39, 0.29) is 17.0 Å². The molecular weight excluding hydrogens is 270 g/mol. The molecule has 5 nitrogen and oxygen atoms in total. The van der Waals surface area contributed by atoms with Crippen molar-refractivity contribution in [3.8, 4) is 6.07 Å². The van der Waals surface area contributed by atoms with E-state index in [1.807, 2.05) is 6.07 Å². The molecule has 0 aliphatic rings. The van der Waals surface area contributed by atoms with Gasteiger partial charge in [-0.25, -0.2) is 18.1 Å². The monoisotopic (exact) mass is 279 g/mol. The fourth-order valence-corrected chi connectivity index (χ4v) is 3.16. The summed E-state index contributed by atoms with van der Waals surface area (Å²) in [6, 6.07) is 7.94. The van der Waals surface area contributed by atoms with Gasteiger partial charge in [-0.05, 0) is 12.1 Å². The van der Waals surface area contributed by atoms with E-state index < -0.39 is 10.0 Å². The lowest BCUT2D eigenvalue weighted by Gasteiger charge is -2.06. The van der Waals surface area contributed by atoms with Crippen molar-refractivity contribution in [3.63, 3.8) is 0 Å². The number of nitrogens with zero attached hydrogens (tertiary/aromatic N) is 2. The van der Waals surface area contributed by atoms with E-state index in [2.05, 4.69) is 9.71 Å². The van der Waals surface area contributed by atoms with Gasteiger partial charge in [-0.2, -0.15) is 5.26 Å². The van der Waals surface area contributed by atoms with Crippen molar-refractivity contribution in [2.24, 2.45) is 0 Å². The third-order valence-electron chi connectivity index (χ3n) is 2.19. The van der Waals surface area contributed by atoms with E-state index in [0.717, 1.165) is 0 Å². The molecule has 92 valence electrons. The fourth-order valence-electron chi connectivity index (χ4n) is 1.37. The number of benzene rings is 1. The summed E-state index contributed by atoms with van der Waals surface area (Å²) < 4.78 is 26.5. The van der Waals surface area contributed by atoms with Crippen LogP contribution in [0.3, 0.4) is 0 Å². The Morgan fingerprint density at radius 2 is 2.17 bits per heavy atom. The highest BCUT2D eigenvalue weighted by Gasteiger charge is 2.17. The number of aromatic nitrogens is 1. The molecule has 0 amide bonds. The van der Waals surface area contributed by atoms with Crippen LogP contribution in [0.25, 0.3) is 0 Å². The number of nitriles is 1. The van der Waals surface area contributed by atoms with Gasteiger partial charge in [0.2, 0.25) is 10.0 Å². The molecule has 0 atom stereocenters. The maximum absolute atomic E-state index is 12.0. The second-order valence-electron chi connectivity index (χ2n) is 3.36. The highest BCUT2D eigenvalue weighted by molar-refractivity contribution is 7.89. The third-order valence-corrected chi connectivity index (χ3v) is 4.43. The molecule has 1 aromatic heterocycles. The van der Waals surface area contributed by atoms with Gasteiger partial charge in [0, 0.05) is 11.6 Å². The molecule has 0 aliphatic carbocycles. The molecule has 18 heavy (non-hydrogen) atoms. The Balaban J connectivity index is 2.23. The number of sulfonamides is 1. The fraction of sp³-hybridized carbons (Fsp3) is 0.0909. The number of nitrogens with one attached hydrogen (secondary N) is 1. The largest absolute Gasteiger partial charge is 0.248 e. The standard InChI is InChI=1S/C11H9N3O2S2/c12-7-9-3-1-2-4-10(9)18(15,16)14-8-11-13-5-6-17-11/h1-6,14H,8H2. The number of thiazole rings is 1. The van der Waals surface area contributed by atoms with Gasteiger partial charge in [0.1, 0.15) is 11.1 Å². The summed E-state index contributed by atoms with van der Waals surface area (Å²) in [5.41, 5.74) is 0.129. The second-order valence-corrected chi connectivity index (χ2v) is 6.07. The van der Waals surface area contributed by atoms with Crippen LogP contribution in [0, 0.1) is 11.3 Å². The number of rotatable bonds is 4. The third kappa shape index (κ3) is 2.73. The first kappa shape index (κ1) is 12.7. The smallest absolute Gasteiger partial charge is 0.242 e. The normalized spacial score (nSPS) is 11.1. The minimum absolute atomic E-state index is 0.0101. The number of hydrogen-bond donors (Lipinski definition) is 1. The molecule has 2 aromatic rings. The van der Waals surface area contributed by atoms with Gasteiger partial charge in [-0.1, -0.05) is 12.1 Å². The topological polar surface area (TPSA) is 82.8 Å². The lowest BCUT2D eigenvalue weighted by molar-refractivity contribution is 0.581. The van der Waals surface area contributed by atoms with Crippen LogP contribution < -0.4 is 4.72 Å². The Hall–Kier alpha value is -1.75. The van der Waals surface area contributed by atoms with Crippen LogP contribution in [0.2, 0.25) is 0 Å². The first-order valence-corrected chi connectivity index (χ1v) is 7.37. The summed E-state index contributed by atoms with van der Waals surface area (Å²) in [4.78, 5) is 3.97. The molecule has 0 saturated heterocycles. The minimum Gasteiger partial charge on any atom is -0.248 e. The Kier molecular flexibility index (Phi) is 3.72. The van der Waals surface area contributed by atoms with E-state index in [4.69, 9.17) is 5.26 Å². The molecule has 0 aliphatic heterocycles. The molecule has 0 spiro atoms. The van der Waals surface area contributed by atoms with Crippen LogP contribution in [-0.4, -0.2) is 13.4 Å². The van der Waals surface area contributed by atoms with Crippen LogP contribution in [0.5, 0.6) is 0 Å². The van der Waals surface area contributed by atoms with Crippen molar-refractivity contribution < 1.29 is 8.42 Å². The van der Waals surface area contributed by atoms with Crippen LogP contribution in [0.15, 0.2) is 40.7 Å². The van der Waals surface area contributed by atoms with Crippen LogP contribution in [-0.2, 0) is 16.6 Å². The summed E-state index contributed by atoms with van der Waals surface area (Å²) in [6.45, 7) is 0.125. The first-order valence-electron chi connectivity index (χ1n) is 5.00. The molecular formula is C11H9N3O2S2. The maximum atomic E-state index is 12.0. The lowest BCUT2D eigenvalue weighted by atomic mass is 10.2. The van der Waals surface area contributed by atoms with Crippen molar-refractivity contribution in [3.05, 3.63) is 46.4 Å². The number of hydrogen-bond acceptors (Lipinski definition) is 5. The van der Waals surface area contributed by atoms with Gasteiger partial charge in [0.15, 0.2) is 0 Å². The predicted molar refractivity (Wildman–Crippen MR) is 67.3 cm³/mol. The Morgan fingerprint density at radius 1 is 1.39 bits per heavy atom. The molecule has 0 fully saturated rings. The molecule has 2 rings (SSSR count). The van der Waals surface area contributed by atoms with Crippen molar-refractivity contribution in [1.82, 2.24) is 9.71 Å². The zero-order valence-electron chi connectivity index (χ0n) is 9.20. The SMILES string of the molecule is N#Cc1ccccc1S(=O)(=O)NCc1nccs1. The van der Waals surface area contributed by atoms with Gasteiger partial charge in [0.25, 0.3) is 0 Å². The quantitative estimate of drug-likeness (QED) is 0.919. The van der Waals surface area contributed by atoms with Crippen molar-refractivity contribution >= 4 is 21.4 Å². The summed E-state index contributed by atoms with van der Waals surface area (Å²) >= 11 is 1.37. The molecule has 0 saturated carbocycles. The summed E-state index contributed by atoms with van der Waals surface area (Å²) in [7, 11) is -3.68. The Labute approximate surface area is 109 Å². The van der Waals surface area contributed by atoms with Crippen LogP contribution >= 0.6 is 11.3 Å². The molecule has 0 unspecified atom stereocenters. The highest BCUT2D eigenvalue weighted by atomic mass is 32.2. The molecule has 1 heterocycles. The van der Waals surface area contributed by atoms with Gasteiger partial charge < -0.3 is 0 Å². The molecule has 7 heteroatoms. The second kappa shape index (κ2) is 5.27. The van der Waals surface area contributed by atoms with E-state index in [1.54, 1.807) is 23.7 Å². The first-order chi connectivity index (χ1) is 8.63. The molecule has 0 radical (unpaired) electrons. The highest BCUT2D eigenvalue weighted by Crippen LogP contribution is 2.15. The van der Waals surface area contributed by atoms with Crippen LogP contribution in [0.4, 0.5) is 0 Å². The lowest BCUT2D eigenvalue weighted by Crippen LogP contribution is -2.23.